The number of rotatable bonds is 7. The van der Waals surface area contributed by atoms with Gasteiger partial charge in [-0.2, -0.15) is 0 Å². The minimum absolute atomic E-state index is 0.794. The van der Waals surface area contributed by atoms with Crippen molar-refractivity contribution in [1.82, 2.24) is 4.90 Å². The highest BCUT2D eigenvalue weighted by Crippen LogP contribution is 2.38. The molecule has 1 heterocycles. The number of methoxy groups -OCH3 is 2. The first-order valence-electron chi connectivity index (χ1n) is 12.8. The molecule has 5 rings (SSSR count). The number of aryl methyl sites for hydroxylation is 1. The molecular weight excluding hydrogens is 430 g/mol. The molecule has 3 aromatic carbocycles. The molecule has 0 atom stereocenters. The molecule has 180 valence electrons. The summed E-state index contributed by atoms with van der Waals surface area (Å²) >= 11 is 0. The zero-order valence-corrected chi connectivity index (χ0v) is 20.9. The first kappa shape index (κ1) is 23.4. The maximum atomic E-state index is 5.46. The van der Waals surface area contributed by atoms with E-state index < -0.39 is 0 Å². The Kier molecular flexibility index (Phi) is 7.34. The molecule has 0 unspecified atom stereocenters. The van der Waals surface area contributed by atoms with Gasteiger partial charge in [-0.15, -0.1) is 0 Å². The maximum absolute atomic E-state index is 5.46. The topological polar surface area (TPSA) is 21.7 Å². The van der Waals surface area contributed by atoms with Gasteiger partial charge in [0.1, 0.15) is 0 Å². The number of nitrogens with zero attached hydrogens (tertiary/aromatic N) is 1. The molecule has 1 aliphatic heterocycles. The minimum atomic E-state index is 0.794. The molecule has 0 radical (unpaired) electrons. The summed E-state index contributed by atoms with van der Waals surface area (Å²) in [6.07, 6.45) is 10.4. The average molecular weight is 466 g/mol. The van der Waals surface area contributed by atoms with Crippen LogP contribution in [-0.4, -0.2) is 38.8 Å². The molecular formula is C32H35NO2. The van der Waals surface area contributed by atoms with E-state index in [0.717, 1.165) is 31.0 Å². The lowest BCUT2D eigenvalue weighted by molar-refractivity contribution is 0.261. The van der Waals surface area contributed by atoms with Crippen LogP contribution < -0.4 is 9.47 Å². The normalized spacial score (nSPS) is 15.4. The third kappa shape index (κ3) is 5.21. The van der Waals surface area contributed by atoms with Crippen molar-refractivity contribution in [3.05, 3.63) is 100 Å². The number of likely N-dealkylation sites (tertiary alicyclic amines) is 1. The summed E-state index contributed by atoms with van der Waals surface area (Å²) in [4.78, 5) is 2.66. The second-order valence-corrected chi connectivity index (χ2v) is 9.51. The predicted octanol–water partition coefficient (Wildman–Crippen LogP) is 7.11. The van der Waals surface area contributed by atoms with E-state index in [9.17, 15) is 0 Å². The third-order valence-electron chi connectivity index (χ3n) is 7.26. The molecule has 3 heteroatoms. The van der Waals surface area contributed by atoms with Crippen LogP contribution in [0.25, 0.3) is 17.7 Å². The van der Waals surface area contributed by atoms with Gasteiger partial charge < -0.3 is 9.47 Å². The van der Waals surface area contributed by atoms with Crippen LogP contribution in [0.1, 0.15) is 53.5 Å². The smallest absolute Gasteiger partial charge is 0.160 e. The Bertz CT molecular complexity index is 1190. The number of fused-ring (bicyclic) bond motifs is 2. The van der Waals surface area contributed by atoms with Crippen LogP contribution in [0.5, 0.6) is 11.5 Å². The lowest BCUT2D eigenvalue weighted by atomic mass is 9.86. The van der Waals surface area contributed by atoms with Crippen molar-refractivity contribution < 1.29 is 9.47 Å². The summed E-state index contributed by atoms with van der Waals surface area (Å²) in [6, 6.07) is 24.0. The fourth-order valence-electron chi connectivity index (χ4n) is 5.49. The number of unbranched alkanes of at least 4 members (excludes halogenated alkanes) is 1. The highest BCUT2D eigenvalue weighted by Gasteiger charge is 2.22. The average Bonchev–Trinajstić information content (AvgIpc) is 3.08. The van der Waals surface area contributed by atoms with E-state index in [4.69, 9.17) is 9.47 Å². The highest BCUT2D eigenvalue weighted by molar-refractivity contribution is 5.95. The molecule has 3 nitrogen and oxygen atoms in total. The van der Waals surface area contributed by atoms with Gasteiger partial charge in [-0.25, -0.2) is 0 Å². The van der Waals surface area contributed by atoms with Gasteiger partial charge in [0.05, 0.1) is 14.2 Å². The molecule has 0 saturated carbocycles. The Balaban J connectivity index is 1.29. The molecule has 35 heavy (non-hydrogen) atoms. The fraction of sp³-hybridized carbons (Fsp3) is 0.312. The van der Waals surface area contributed by atoms with Gasteiger partial charge in [-0.05, 0) is 96.3 Å². The SMILES string of the molecule is COc1ccc(CCCCN2CCCC(=C3c4ccccc4C=Cc4ccccc43)C2)cc1OC. The number of benzene rings is 3. The molecule has 0 aromatic heterocycles. The molecule has 3 aromatic rings. The standard InChI is InChI=1S/C32H35NO2/c1-34-30-19-16-24(22-31(30)35-2)10-7-8-20-33-21-9-13-27(23-33)32-28-14-5-3-11-25(28)17-18-26-12-4-6-15-29(26)32/h3-6,11-12,14-19,22H,7-10,13,20-21,23H2,1-2H3. The summed E-state index contributed by atoms with van der Waals surface area (Å²) in [5.74, 6) is 1.61. The number of ether oxygens (including phenoxy) is 2. The quantitative estimate of drug-likeness (QED) is 0.272. The summed E-state index contributed by atoms with van der Waals surface area (Å²) in [5.41, 5.74) is 9.73. The van der Waals surface area contributed by atoms with Crippen LogP contribution in [-0.2, 0) is 6.42 Å². The molecule has 0 amide bonds. The monoisotopic (exact) mass is 465 g/mol. The fourth-order valence-corrected chi connectivity index (χ4v) is 5.49. The van der Waals surface area contributed by atoms with Gasteiger partial charge in [-0.1, -0.05) is 66.7 Å². The van der Waals surface area contributed by atoms with E-state index in [0.29, 0.717) is 0 Å². The summed E-state index contributed by atoms with van der Waals surface area (Å²) in [7, 11) is 3.38. The van der Waals surface area contributed by atoms with E-state index in [1.54, 1.807) is 19.8 Å². The van der Waals surface area contributed by atoms with Crippen LogP contribution in [0.4, 0.5) is 0 Å². The first-order chi connectivity index (χ1) is 17.3. The Morgan fingerprint density at radius 3 is 2.14 bits per heavy atom. The van der Waals surface area contributed by atoms with Crippen LogP contribution in [0.2, 0.25) is 0 Å². The Morgan fingerprint density at radius 1 is 0.771 bits per heavy atom. The van der Waals surface area contributed by atoms with Crippen molar-refractivity contribution >= 4 is 17.7 Å². The van der Waals surface area contributed by atoms with E-state index in [2.05, 4.69) is 77.7 Å². The van der Waals surface area contributed by atoms with Gasteiger partial charge >= 0.3 is 0 Å². The molecule has 0 spiro atoms. The van der Waals surface area contributed by atoms with Crippen LogP contribution in [0.15, 0.2) is 72.3 Å². The van der Waals surface area contributed by atoms with Gasteiger partial charge in [0.25, 0.3) is 0 Å². The highest BCUT2D eigenvalue weighted by atomic mass is 16.5. The van der Waals surface area contributed by atoms with E-state index in [1.165, 1.54) is 65.6 Å². The molecule has 0 N–H and O–H groups in total. The van der Waals surface area contributed by atoms with Crippen molar-refractivity contribution in [1.29, 1.82) is 0 Å². The Hall–Kier alpha value is -3.30. The van der Waals surface area contributed by atoms with Crippen molar-refractivity contribution in [2.75, 3.05) is 33.9 Å². The second kappa shape index (κ2) is 11.0. The van der Waals surface area contributed by atoms with E-state index in [-0.39, 0.29) is 0 Å². The van der Waals surface area contributed by atoms with Gasteiger partial charge in [0, 0.05) is 6.54 Å². The van der Waals surface area contributed by atoms with Crippen molar-refractivity contribution in [2.24, 2.45) is 0 Å². The van der Waals surface area contributed by atoms with Gasteiger partial charge in [0.15, 0.2) is 11.5 Å². The zero-order valence-electron chi connectivity index (χ0n) is 20.9. The molecule has 1 aliphatic carbocycles. The lowest BCUT2D eigenvalue weighted by Gasteiger charge is -2.31. The van der Waals surface area contributed by atoms with Gasteiger partial charge in [0.2, 0.25) is 0 Å². The molecule has 0 bridgehead atoms. The first-order valence-corrected chi connectivity index (χ1v) is 12.8. The third-order valence-corrected chi connectivity index (χ3v) is 7.26. The Labute approximate surface area is 209 Å². The van der Waals surface area contributed by atoms with Crippen molar-refractivity contribution in [3.63, 3.8) is 0 Å². The van der Waals surface area contributed by atoms with Crippen molar-refractivity contribution in [3.8, 4) is 11.5 Å². The molecule has 2 aliphatic rings. The Morgan fingerprint density at radius 2 is 1.46 bits per heavy atom. The molecule has 1 saturated heterocycles. The van der Waals surface area contributed by atoms with Crippen LogP contribution >= 0.6 is 0 Å². The van der Waals surface area contributed by atoms with E-state index in [1.807, 2.05) is 6.07 Å². The maximum Gasteiger partial charge on any atom is 0.160 e. The van der Waals surface area contributed by atoms with Gasteiger partial charge in [-0.3, -0.25) is 4.90 Å². The molecule has 1 fully saturated rings. The summed E-state index contributed by atoms with van der Waals surface area (Å²) in [5, 5.41) is 0. The largest absolute Gasteiger partial charge is 0.493 e. The van der Waals surface area contributed by atoms with E-state index >= 15 is 0 Å². The number of piperidine rings is 1. The summed E-state index contributed by atoms with van der Waals surface area (Å²) < 4.78 is 10.8. The zero-order chi connectivity index (χ0) is 24.0. The van der Waals surface area contributed by atoms with Crippen LogP contribution in [0.3, 0.4) is 0 Å². The predicted molar refractivity (Wildman–Crippen MR) is 146 cm³/mol. The van der Waals surface area contributed by atoms with Crippen LogP contribution in [0, 0.1) is 0 Å². The minimum Gasteiger partial charge on any atom is -0.493 e. The lowest BCUT2D eigenvalue weighted by Crippen LogP contribution is -2.32. The summed E-state index contributed by atoms with van der Waals surface area (Å²) in [6.45, 7) is 3.40. The second-order valence-electron chi connectivity index (χ2n) is 9.51. The number of hydrogen-bond donors (Lipinski definition) is 0. The van der Waals surface area contributed by atoms with Crippen molar-refractivity contribution in [2.45, 2.75) is 32.1 Å². The number of hydrogen-bond acceptors (Lipinski definition) is 3.